The van der Waals surface area contributed by atoms with E-state index in [4.69, 9.17) is 14.2 Å². The Kier molecular flexibility index (Phi) is 9.56. The second kappa shape index (κ2) is 13.3. The molecule has 3 amide bonds. The maximum Gasteiger partial charge on any atom is 0.322 e. The van der Waals surface area contributed by atoms with Gasteiger partial charge in [0.1, 0.15) is 23.9 Å². The van der Waals surface area contributed by atoms with Crippen molar-refractivity contribution < 1.29 is 28.2 Å². The van der Waals surface area contributed by atoms with E-state index in [0.717, 1.165) is 23.3 Å². The number of nitrogens with zero attached hydrogens (tertiary/aromatic N) is 2. The molecular formula is C28H32FN3O5S. The lowest BCUT2D eigenvalue weighted by atomic mass is 10.2. The van der Waals surface area contributed by atoms with Crippen molar-refractivity contribution in [2.75, 3.05) is 39.2 Å². The van der Waals surface area contributed by atoms with Crippen molar-refractivity contribution in [1.29, 1.82) is 0 Å². The zero-order valence-electron chi connectivity index (χ0n) is 21.5. The number of anilines is 1. The number of amides is 3. The summed E-state index contributed by atoms with van der Waals surface area (Å²) in [7, 11) is 3.07. The maximum atomic E-state index is 13.6. The number of carbonyl (C=O) groups excluding carboxylic acids is 2. The molecule has 0 saturated carbocycles. The van der Waals surface area contributed by atoms with Crippen molar-refractivity contribution in [1.82, 2.24) is 9.80 Å². The molecule has 1 aliphatic rings. The van der Waals surface area contributed by atoms with Crippen LogP contribution in [0.5, 0.6) is 11.5 Å². The minimum absolute atomic E-state index is 0.140. The van der Waals surface area contributed by atoms with Crippen LogP contribution in [0.15, 0.2) is 60.0 Å². The molecule has 0 aliphatic carbocycles. The highest BCUT2D eigenvalue weighted by Crippen LogP contribution is 2.26. The highest BCUT2D eigenvalue weighted by atomic mass is 32.1. The average Bonchev–Trinajstić information content (AvgIpc) is 3.63. The van der Waals surface area contributed by atoms with E-state index in [0.29, 0.717) is 36.9 Å². The van der Waals surface area contributed by atoms with Gasteiger partial charge in [0.2, 0.25) is 5.91 Å². The van der Waals surface area contributed by atoms with Gasteiger partial charge in [-0.15, -0.1) is 11.3 Å². The third-order valence-corrected chi connectivity index (χ3v) is 7.09. The summed E-state index contributed by atoms with van der Waals surface area (Å²) < 4.78 is 29.8. The molecule has 3 aromatic rings. The van der Waals surface area contributed by atoms with Crippen LogP contribution in [0.3, 0.4) is 0 Å². The van der Waals surface area contributed by atoms with E-state index < -0.39 is 6.03 Å². The van der Waals surface area contributed by atoms with Crippen molar-refractivity contribution in [3.8, 4) is 11.5 Å². The number of rotatable bonds is 11. The van der Waals surface area contributed by atoms with E-state index in [1.165, 1.54) is 31.3 Å². The quantitative estimate of drug-likeness (QED) is 0.363. The molecule has 0 spiro atoms. The fourth-order valence-electron chi connectivity index (χ4n) is 4.23. The number of methoxy groups -OCH3 is 2. The van der Waals surface area contributed by atoms with Crippen molar-refractivity contribution >= 4 is 29.0 Å². The minimum Gasteiger partial charge on any atom is -0.497 e. The number of ether oxygens (including phenoxy) is 3. The molecule has 2 heterocycles. The van der Waals surface area contributed by atoms with Gasteiger partial charge in [-0.3, -0.25) is 4.79 Å². The van der Waals surface area contributed by atoms with E-state index in [1.807, 2.05) is 17.5 Å². The molecule has 0 radical (unpaired) electrons. The molecule has 1 fully saturated rings. The minimum atomic E-state index is -0.429. The van der Waals surface area contributed by atoms with Crippen molar-refractivity contribution in [3.63, 3.8) is 0 Å². The highest BCUT2D eigenvalue weighted by Gasteiger charge is 2.27. The van der Waals surface area contributed by atoms with Crippen LogP contribution in [0, 0.1) is 5.82 Å². The lowest BCUT2D eigenvalue weighted by Gasteiger charge is -2.29. The maximum absolute atomic E-state index is 13.6. The lowest BCUT2D eigenvalue weighted by Crippen LogP contribution is -2.46. The number of thiophene rings is 1. The first-order valence-electron chi connectivity index (χ1n) is 12.4. The zero-order chi connectivity index (χ0) is 26.9. The van der Waals surface area contributed by atoms with Gasteiger partial charge in [-0.2, -0.15) is 0 Å². The summed E-state index contributed by atoms with van der Waals surface area (Å²) in [5.74, 6) is 0.503. The van der Waals surface area contributed by atoms with Crippen LogP contribution in [0.1, 0.15) is 23.3 Å². The molecule has 1 aliphatic heterocycles. The van der Waals surface area contributed by atoms with Crippen LogP contribution in [-0.2, 0) is 22.6 Å². The molecule has 1 aromatic heterocycles. The molecule has 8 nitrogen and oxygen atoms in total. The summed E-state index contributed by atoms with van der Waals surface area (Å²) in [6, 6.07) is 14.6. The Balaban J connectivity index is 1.53. The van der Waals surface area contributed by atoms with Gasteiger partial charge in [0, 0.05) is 48.5 Å². The summed E-state index contributed by atoms with van der Waals surface area (Å²) in [6.45, 7) is 1.45. The number of carbonyl (C=O) groups is 2. The Morgan fingerprint density at radius 3 is 2.39 bits per heavy atom. The summed E-state index contributed by atoms with van der Waals surface area (Å²) in [5.41, 5.74) is 1.28. The number of urea groups is 1. The summed E-state index contributed by atoms with van der Waals surface area (Å²) in [5, 5.41) is 4.83. The molecule has 2 aromatic carbocycles. The molecule has 0 bridgehead atoms. The predicted octanol–water partition coefficient (Wildman–Crippen LogP) is 5.15. The molecule has 1 saturated heterocycles. The third-order valence-electron chi connectivity index (χ3n) is 6.23. The van der Waals surface area contributed by atoms with E-state index in [1.54, 1.807) is 46.6 Å². The van der Waals surface area contributed by atoms with Crippen LogP contribution in [0.4, 0.5) is 14.9 Å². The predicted molar refractivity (Wildman–Crippen MR) is 144 cm³/mol. The van der Waals surface area contributed by atoms with Gasteiger partial charge in [-0.1, -0.05) is 18.2 Å². The second-order valence-electron chi connectivity index (χ2n) is 9.00. The molecule has 1 atom stereocenters. The Morgan fingerprint density at radius 1 is 1.05 bits per heavy atom. The molecule has 38 heavy (non-hydrogen) atoms. The SMILES string of the molecule is COc1cc(NC(=O)N(CC(=O)N(Cc2ccc(F)cc2)Cc2cccs2)CC2CCCO2)cc(OC)c1. The molecule has 202 valence electrons. The van der Waals surface area contributed by atoms with Gasteiger partial charge in [0.25, 0.3) is 0 Å². The van der Waals surface area contributed by atoms with Crippen LogP contribution in [0.2, 0.25) is 0 Å². The van der Waals surface area contributed by atoms with Crippen molar-refractivity contribution in [2.24, 2.45) is 0 Å². The highest BCUT2D eigenvalue weighted by molar-refractivity contribution is 7.09. The number of nitrogens with one attached hydrogen (secondary N) is 1. The average molecular weight is 542 g/mol. The van der Waals surface area contributed by atoms with E-state index in [2.05, 4.69) is 5.32 Å². The molecule has 1 N–H and O–H groups in total. The first-order valence-corrected chi connectivity index (χ1v) is 13.3. The smallest absolute Gasteiger partial charge is 0.322 e. The Hall–Kier alpha value is -3.63. The first kappa shape index (κ1) is 27.4. The van der Waals surface area contributed by atoms with Crippen LogP contribution < -0.4 is 14.8 Å². The number of hydrogen-bond acceptors (Lipinski definition) is 6. The molecule has 1 unspecified atom stereocenters. The van der Waals surface area contributed by atoms with Crippen LogP contribution >= 0.6 is 11.3 Å². The van der Waals surface area contributed by atoms with Crippen LogP contribution in [-0.4, -0.2) is 61.8 Å². The van der Waals surface area contributed by atoms with E-state index >= 15 is 0 Å². The number of hydrogen-bond donors (Lipinski definition) is 1. The lowest BCUT2D eigenvalue weighted by molar-refractivity contribution is -0.133. The Labute approximate surface area is 225 Å². The standard InChI is InChI=1S/C28H32FN3O5S/c1-35-24-13-22(14-25(15-24)36-2)30-28(34)32(17-23-5-3-11-37-23)19-27(33)31(18-26-6-4-12-38-26)16-20-7-9-21(29)10-8-20/h4,6-10,12-15,23H,3,5,11,16-19H2,1-2H3,(H,30,34). The summed E-state index contributed by atoms with van der Waals surface area (Å²) in [6.07, 6.45) is 1.59. The Morgan fingerprint density at radius 2 is 1.79 bits per heavy atom. The van der Waals surface area contributed by atoms with Crippen molar-refractivity contribution in [2.45, 2.75) is 32.0 Å². The molecule has 10 heteroatoms. The van der Waals surface area contributed by atoms with Crippen LogP contribution in [0.25, 0.3) is 0 Å². The van der Waals surface area contributed by atoms with Gasteiger partial charge >= 0.3 is 6.03 Å². The summed E-state index contributed by atoms with van der Waals surface area (Å²) in [4.78, 5) is 31.3. The van der Waals surface area contributed by atoms with Gasteiger partial charge in [-0.25, -0.2) is 9.18 Å². The summed E-state index contributed by atoms with van der Waals surface area (Å²) >= 11 is 1.55. The second-order valence-corrected chi connectivity index (χ2v) is 10.0. The fraction of sp³-hybridized carbons (Fsp3) is 0.357. The Bertz CT molecular complexity index is 1180. The van der Waals surface area contributed by atoms with Gasteiger partial charge in [0.05, 0.1) is 26.9 Å². The van der Waals surface area contributed by atoms with Gasteiger partial charge in [-0.05, 0) is 42.0 Å². The van der Waals surface area contributed by atoms with Gasteiger partial charge < -0.3 is 29.3 Å². The monoisotopic (exact) mass is 541 g/mol. The third kappa shape index (κ3) is 7.69. The fourth-order valence-corrected chi connectivity index (χ4v) is 4.95. The normalized spacial score (nSPS) is 14.7. The zero-order valence-corrected chi connectivity index (χ0v) is 22.3. The van der Waals surface area contributed by atoms with Crippen molar-refractivity contribution in [3.05, 3.63) is 76.2 Å². The first-order chi connectivity index (χ1) is 18.4. The number of halogens is 1. The molecular weight excluding hydrogens is 509 g/mol. The van der Waals surface area contributed by atoms with E-state index in [-0.39, 0.29) is 30.9 Å². The topological polar surface area (TPSA) is 80.3 Å². The molecule has 4 rings (SSSR count). The van der Waals surface area contributed by atoms with E-state index in [9.17, 15) is 14.0 Å². The largest absolute Gasteiger partial charge is 0.497 e. The van der Waals surface area contributed by atoms with Gasteiger partial charge in [0.15, 0.2) is 0 Å². The number of benzene rings is 2.